The number of hydrogen-bond donors (Lipinski definition) is 0. The number of fused-ring (bicyclic) bond motifs is 2. The summed E-state index contributed by atoms with van der Waals surface area (Å²) in [7, 11) is 0. The Hall–Kier alpha value is -7.04. The van der Waals surface area contributed by atoms with Gasteiger partial charge in [0.15, 0.2) is 5.82 Å². The monoisotopic (exact) mass is 688 g/mol. The van der Waals surface area contributed by atoms with Gasteiger partial charge in [0.2, 0.25) is 0 Å². The van der Waals surface area contributed by atoms with Gasteiger partial charge in [-0.3, -0.25) is 9.97 Å². The minimum atomic E-state index is 0.205. The van der Waals surface area contributed by atoms with Gasteiger partial charge in [0, 0.05) is 56.9 Å². The molecule has 4 aliphatic rings. The first kappa shape index (κ1) is 30.6. The summed E-state index contributed by atoms with van der Waals surface area (Å²) >= 11 is 0. The van der Waals surface area contributed by atoms with Gasteiger partial charge >= 0.3 is 0 Å². The maximum absolute atomic E-state index is 5.32. The van der Waals surface area contributed by atoms with E-state index in [1.165, 1.54) is 38.6 Å². The topological polar surface area (TPSA) is 51.6 Å². The number of hydrogen-bond acceptors (Lipinski definition) is 4. The Kier molecular flexibility index (Phi) is 6.96. The molecule has 54 heavy (non-hydrogen) atoms. The third-order valence-corrected chi connectivity index (χ3v) is 11.1. The zero-order chi connectivity index (χ0) is 35.6. The summed E-state index contributed by atoms with van der Waals surface area (Å²) in [4.78, 5) is 20.1. The van der Waals surface area contributed by atoms with Crippen molar-refractivity contribution in [2.24, 2.45) is 5.92 Å². The molecule has 4 aliphatic carbocycles. The number of benzene rings is 4. The lowest BCUT2D eigenvalue weighted by molar-refractivity contribution is 0.834. The Labute approximate surface area is 313 Å². The van der Waals surface area contributed by atoms with Crippen molar-refractivity contribution in [3.8, 4) is 45.2 Å². The van der Waals surface area contributed by atoms with E-state index in [-0.39, 0.29) is 5.92 Å². The number of aromatic nitrogens is 4. The van der Waals surface area contributed by atoms with Crippen molar-refractivity contribution in [2.45, 2.75) is 6.42 Å². The molecule has 3 heterocycles. The number of nitrogens with zero attached hydrogens (tertiary/aromatic N) is 4. The molecule has 4 nitrogen and oxygen atoms in total. The van der Waals surface area contributed by atoms with Gasteiger partial charge in [-0.05, 0) is 63.3 Å². The van der Waals surface area contributed by atoms with Crippen LogP contribution in [0.3, 0.4) is 0 Å². The highest BCUT2D eigenvalue weighted by molar-refractivity contribution is 5.96. The van der Waals surface area contributed by atoms with Crippen LogP contribution in [0.4, 0.5) is 0 Å². The van der Waals surface area contributed by atoms with Crippen LogP contribution >= 0.6 is 0 Å². The Balaban J connectivity index is 1.04. The first-order valence-corrected chi connectivity index (χ1v) is 18.5. The highest BCUT2D eigenvalue weighted by Crippen LogP contribution is 2.49. The molecule has 1 unspecified atom stereocenters. The number of pyridine rings is 2. The van der Waals surface area contributed by atoms with Gasteiger partial charge in [-0.2, -0.15) is 0 Å². The normalized spacial score (nSPS) is 16.9. The third kappa shape index (κ3) is 4.99. The molecule has 1 atom stereocenters. The summed E-state index contributed by atoms with van der Waals surface area (Å²) in [5.41, 5.74) is 15.7. The van der Waals surface area contributed by atoms with Crippen molar-refractivity contribution >= 4 is 27.1 Å². The highest BCUT2D eigenvalue weighted by atomic mass is 14.9. The first-order chi connectivity index (χ1) is 26.7. The molecule has 0 bridgehead atoms. The van der Waals surface area contributed by atoms with Crippen molar-refractivity contribution in [1.29, 1.82) is 0 Å². The van der Waals surface area contributed by atoms with E-state index >= 15 is 0 Å². The van der Waals surface area contributed by atoms with Gasteiger partial charge in [0.1, 0.15) is 0 Å². The average molecular weight is 689 g/mol. The summed E-state index contributed by atoms with van der Waals surface area (Å²) in [5, 5.41) is 4.62. The fraction of sp³-hybridized carbons (Fsp3) is 0.0400. The number of rotatable bonds is 5. The largest absolute Gasteiger partial charge is 0.256 e. The predicted molar refractivity (Wildman–Crippen MR) is 220 cm³/mol. The smallest absolute Gasteiger partial charge is 0.160 e. The molecule has 252 valence electrons. The molecule has 0 N–H and O–H groups in total. The van der Waals surface area contributed by atoms with Crippen molar-refractivity contribution in [1.82, 2.24) is 19.9 Å². The second kappa shape index (κ2) is 12.3. The fourth-order valence-corrected chi connectivity index (χ4v) is 8.47. The molecule has 0 spiro atoms. The zero-order valence-electron chi connectivity index (χ0n) is 29.3. The van der Waals surface area contributed by atoms with Gasteiger partial charge in [-0.15, -0.1) is 0 Å². The second-order valence-electron chi connectivity index (χ2n) is 14.2. The summed E-state index contributed by atoms with van der Waals surface area (Å²) in [5.74, 6) is 0.892. The Morgan fingerprint density at radius 1 is 0.519 bits per heavy atom. The van der Waals surface area contributed by atoms with E-state index in [1.54, 1.807) is 0 Å². The van der Waals surface area contributed by atoms with Gasteiger partial charge in [0.05, 0.1) is 22.8 Å². The maximum Gasteiger partial charge on any atom is 0.160 e. The average Bonchev–Trinajstić information content (AvgIpc) is 3.25. The molecule has 3 aromatic heterocycles. The van der Waals surface area contributed by atoms with Crippen LogP contribution in [-0.4, -0.2) is 19.9 Å². The van der Waals surface area contributed by atoms with Crippen LogP contribution in [0.5, 0.6) is 0 Å². The molecule has 0 aliphatic heterocycles. The Morgan fingerprint density at radius 2 is 1.15 bits per heavy atom. The Bertz CT molecular complexity index is 2780. The molecule has 0 amide bonds. The van der Waals surface area contributed by atoms with Crippen LogP contribution in [0.2, 0.25) is 0 Å². The first-order valence-electron chi connectivity index (χ1n) is 18.5. The fourth-order valence-electron chi connectivity index (χ4n) is 8.47. The van der Waals surface area contributed by atoms with E-state index in [9.17, 15) is 0 Å². The molecule has 4 aromatic carbocycles. The predicted octanol–water partition coefficient (Wildman–Crippen LogP) is 11.9. The minimum absolute atomic E-state index is 0.205. The molecule has 0 saturated carbocycles. The molecular formula is C50H32N4. The molecular weight excluding hydrogens is 657 g/mol. The number of allylic oxidation sites excluding steroid dienone is 14. The van der Waals surface area contributed by atoms with Crippen molar-refractivity contribution in [2.75, 3.05) is 0 Å². The van der Waals surface area contributed by atoms with E-state index in [2.05, 4.69) is 164 Å². The summed E-state index contributed by atoms with van der Waals surface area (Å²) < 4.78 is 0. The molecule has 0 fully saturated rings. The summed E-state index contributed by atoms with van der Waals surface area (Å²) in [6, 6.07) is 40.2. The van der Waals surface area contributed by atoms with E-state index in [0.29, 0.717) is 5.82 Å². The zero-order valence-corrected chi connectivity index (χ0v) is 29.3. The van der Waals surface area contributed by atoms with Gasteiger partial charge in [0.25, 0.3) is 0 Å². The quantitative estimate of drug-likeness (QED) is 0.181. The molecule has 11 rings (SSSR count). The van der Waals surface area contributed by atoms with Gasteiger partial charge in [-0.25, -0.2) is 9.97 Å². The Morgan fingerprint density at radius 3 is 1.85 bits per heavy atom. The van der Waals surface area contributed by atoms with Crippen LogP contribution in [-0.2, 0) is 0 Å². The maximum atomic E-state index is 5.32. The SMILES string of the molecule is C1=CC2=C3C(=CC=C4C=CC(c5cc(-c6ccc(-c7nccc8ccccc78)cc6)nc(-c6ccc(-c7nccc8ccccc78)cc6)n5)=C(C=C2)C43)C1. The summed E-state index contributed by atoms with van der Waals surface area (Å²) in [6.45, 7) is 0. The second-order valence-corrected chi connectivity index (χ2v) is 14.2. The minimum Gasteiger partial charge on any atom is -0.256 e. The van der Waals surface area contributed by atoms with Crippen molar-refractivity contribution < 1.29 is 0 Å². The van der Waals surface area contributed by atoms with Crippen molar-refractivity contribution in [3.05, 3.63) is 210 Å². The summed E-state index contributed by atoms with van der Waals surface area (Å²) in [6.07, 6.45) is 23.0. The third-order valence-electron chi connectivity index (χ3n) is 11.1. The van der Waals surface area contributed by atoms with E-state index in [4.69, 9.17) is 19.9 Å². The van der Waals surface area contributed by atoms with Crippen molar-refractivity contribution in [3.63, 3.8) is 0 Å². The lowest BCUT2D eigenvalue weighted by atomic mass is 9.67. The van der Waals surface area contributed by atoms with E-state index in [0.717, 1.165) is 67.8 Å². The standard InChI is InChI=1S/C50H32N4/c1-3-10-40-31(6-1)26-28-51-48(40)37-16-12-33(13-17-37)44-30-45(42-24-22-36-15-14-34-8-5-9-35-23-25-43(42)47(36)46(34)35)54-50(53-44)39-20-18-38(19-21-39)49-41-11-4-2-7-32(41)27-29-52-49/h1-7,9-30,47H,8H2. The molecule has 4 heteroatoms. The van der Waals surface area contributed by atoms with E-state index in [1.807, 2.05) is 12.4 Å². The van der Waals surface area contributed by atoms with Crippen LogP contribution in [0, 0.1) is 5.92 Å². The lowest BCUT2D eigenvalue weighted by Gasteiger charge is -2.36. The van der Waals surface area contributed by atoms with Gasteiger partial charge in [-0.1, -0.05) is 146 Å². The van der Waals surface area contributed by atoms with Crippen LogP contribution in [0.25, 0.3) is 72.3 Å². The van der Waals surface area contributed by atoms with E-state index < -0.39 is 0 Å². The van der Waals surface area contributed by atoms with Crippen LogP contribution in [0.1, 0.15) is 12.1 Å². The van der Waals surface area contributed by atoms with Crippen LogP contribution < -0.4 is 0 Å². The van der Waals surface area contributed by atoms with Crippen LogP contribution in [0.15, 0.2) is 204 Å². The molecule has 0 radical (unpaired) electrons. The van der Waals surface area contributed by atoms with Gasteiger partial charge < -0.3 is 0 Å². The molecule has 0 saturated heterocycles. The highest BCUT2D eigenvalue weighted by Gasteiger charge is 2.34. The lowest BCUT2D eigenvalue weighted by Crippen LogP contribution is -2.22. The molecule has 7 aromatic rings.